The molecule has 1 fully saturated rings. The molecule has 1 saturated carbocycles. The largest absolute Gasteiger partial charge is 0.348 e. The maximum absolute atomic E-state index is 12.7. The van der Waals surface area contributed by atoms with Gasteiger partial charge in [0.15, 0.2) is 5.69 Å². The van der Waals surface area contributed by atoms with Crippen molar-refractivity contribution in [1.82, 2.24) is 20.1 Å². The Bertz CT molecular complexity index is 813. The van der Waals surface area contributed by atoms with Gasteiger partial charge in [0.1, 0.15) is 0 Å². The molecule has 3 atom stereocenters. The highest BCUT2D eigenvalue weighted by Crippen LogP contribution is 2.57. The van der Waals surface area contributed by atoms with E-state index in [1.165, 1.54) is 18.6 Å². The van der Waals surface area contributed by atoms with E-state index in [-0.39, 0.29) is 11.9 Å². The van der Waals surface area contributed by atoms with E-state index in [1.54, 1.807) is 4.68 Å². The third-order valence-electron chi connectivity index (χ3n) is 5.23. The molecule has 2 aromatic rings. The van der Waals surface area contributed by atoms with Crippen molar-refractivity contribution in [3.05, 3.63) is 35.5 Å². The molecule has 0 aliphatic heterocycles. The van der Waals surface area contributed by atoms with E-state index in [2.05, 4.69) is 29.2 Å². The van der Waals surface area contributed by atoms with Crippen molar-refractivity contribution >= 4 is 5.91 Å². The smallest absolute Gasteiger partial charge is 0.272 e. The van der Waals surface area contributed by atoms with Crippen LogP contribution in [-0.2, 0) is 6.42 Å². The molecule has 7 heteroatoms. The number of hydrogen-bond acceptors (Lipinski definition) is 4. The zero-order chi connectivity index (χ0) is 17.0. The van der Waals surface area contributed by atoms with Gasteiger partial charge in [-0.15, -0.1) is 0 Å². The van der Waals surface area contributed by atoms with Crippen molar-refractivity contribution in [2.45, 2.75) is 45.6 Å². The van der Waals surface area contributed by atoms with Crippen molar-refractivity contribution in [1.29, 1.82) is 0 Å². The number of nitrogens with one attached hydrogen (secondary N) is 1. The molecule has 0 spiro atoms. The number of aromatic nitrogens is 4. The summed E-state index contributed by atoms with van der Waals surface area (Å²) in [6.45, 7) is 6.17. The molecule has 0 aromatic carbocycles. The first-order chi connectivity index (χ1) is 11.5. The zero-order valence-corrected chi connectivity index (χ0v) is 14.1. The Morgan fingerprint density at radius 1 is 1.46 bits per heavy atom. The van der Waals surface area contributed by atoms with Gasteiger partial charge in [0, 0.05) is 22.3 Å². The van der Waals surface area contributed by atoms with E-state index in [0.29, 0.717) is 29.3 Å². The monoisotopic (exact) mass is 328 g/mol. The van der Waals surface area contributed by atoms with E-state index < -0.39 is 0 Å². The lowest BCUT2D eigenvalue weighted by Gasteiger charge is -2.16. The summed E-state index contributed by atoms with van der Waals surface area (Å²) in [6.07, 6.45) is 6.52. The lowest BCUT2D eigenvalue weighted by molar-refractivity contribution is -0.904. The molecule has 0 saturated heterocycles. The quantitative estimate of drug-likeness (QED) is 0.653. The Hall–Kier alpha value is -2.44. The molecule has 7 nitrogen and oxygen atoms in total. The fraction of sp³-hybridized carbons (Fsp3) is 0.529. The first-order valence-corrected chi connectivity index (χ1v) is 8.45. The Kier molecular flexibility index (Phi) is 3.33. The summed E-state index contributed by atoms with van der Waals surface area (Å²) in [5, 5.41) is 17.2. The van der Waals surface area contributed by atoms with Gasteiger partial charge in [0.05, 0.1) is 11.9 Å². The van der Waals surface area contributed by atoms with E-state index >= 15 is 0 Å². The maximum atomic E-state index is 12.7. The van der Waals surface area contributed by atoms with E-state index in [9.17, 15) is 10.0 Å². The van der Waals surface area contributed by atoms with Crippen LogP contribution in [0, 0.1) is 11.8 Å². The van der Waals surface area contributed by atoms with Gasteiger partial charge in [0.2, 0.25) is 12.0 Å². The molecule has 2 aliphatic carbocycles. The van der Waals surface area contributed by atoms with Gasteiger partial charge < -0.3 is 5.32 Å². The van der Waals surface area contributed by atoms with Crippen LogP contribution in [0.1, 0.15) is 54.9 Å². The predicted molar refractivity (Wildman–Crippen MR) is 85.1 cm³/mol. The first kappa shape index (κ1) is 15.1. The number of rotatable bonds is 4. The lowest BCUT2D eigenvalue weighted by Crippen LogP contribution is -2.36. The average Bonchev–Trinajstić information content (AvgIpc) is 3.03. The lowest BCUT2D eigenvalue weighted by atomic mass is 10.1. The van der Waals surface area contributed by atoms with E-state index in [4.69, 9.17) is 0 Å². The summed E-state index contributed by atoms with van der Waals surface area (Å²) < 4.78 is 2.69. The Balaban J connectivity index is 1.74. The number of amides is 1. The fourth-order valence-corrected chi connectivity index (χ4v) is 3.40. The van der Waals surface area contributed by atoms with Gasteiger partial charge in [-0.05, 0) is 31.6 Å². The first-order valence-electron chi connectivity index (χ1n) is 8.45. The van der Waals surface area contributed by atoms with Crippen LogP contribution in [0.3, 0.4) is 0 Å². The number of hydrogen-bond donors (Lipinski definition) is 2. The molecule has 2 aliphatic rings. The predicted octanol–water partition coefficient (Wildman–Crippen LogP) is 1.23. The summed E-state index contributed by atoms with van der Waals surface area (Å²) in [6, 6.07) is 0.0867. The van der Waals surface area contributed by atoms with E-state index in [1.807, 2.05) is 6.92 Å². The zero-order valence-electron chi connectivity index (χ0n) is 14.1. The molecule has 1 amide bonds. The molecule has 2 N–H and O–H groups in total. The minimum atomic E-state index is -0.125. The SMILES string of the molecule is CC(C)C(C)NC(=O)c1nn(-c2c[n+](O)ccn2)c2c1C[C@@H]1C[C@H]21. The van der Waals surface area contributed by atoms with Crippen molar-refractivity contribution in [3.8, 4) is 5.82 Å². The Morgan fingerprint density at radius 2 is 2.25 bits per heavy atom. The van der Waals surface area contributed by atoms with Crippen LogP contribution < -0.4 is 10.0 Å². The van der Waals surface area contributed by atoms with Gasteiger partial charge in [-0.1, -0.05) is 13.8 Å². The van der Waals surface area contributed by atoms with Crippen molar-refractivity contribution in [3.63, 3.8) is 0 Å². The second kappa shape index (κ2) is 5.29. The second-order valence-corrected chi connectivity index (χ2v) is 7.23. The van der Waals surface area contributed by atoms with E-state index in [0.717, 1.165) is 28.8 Å². The van der Waals surface area contributed by atoms with Gasteiger partial charge in [0.25, 0.3) is 12.1 Å². The van der Waals surface area contributed by atoms with Crippen molar-refractivity contribution < 1.29 is 14.7 Å². The second-order valence-electron chi connectivity index (χ2n) is 7.23. The molecule has 0 radical (unpaired) electrons. The molecule has 2 heterocycles. The van der Waals surface area contributed by atoms with Gasteiger partial charge in [-0.25, -0.2) is 9.67 Å². The highest BCUT2D eigenvalue weighted by Gasteiger charge is 2.50. The van der Waals surface area contributed by atoms with Crippen LogP contribution in [0.4, 0.5) is 0 Å². The van der Waals surface area contributed by atoms with Crippen molar-refractivity contribution in [2.75, 3.05) is 0 Å². The summed E-state index contributed by atoms with van der Waals surface area (Å²) in [7, 11) is 0. The fourth-order valence-electron chi connectivity index (χ4n) is 3.40. The molecule has 2 aromatic heterocycles. The van der Waals surface area contributed by atoms with Gasteiger partial charge in [-0.3, -0.25) is 10.0 Å². The average molecular weight is 328 g/mol. The van der Waals surface area contributed by atoms with Crippen LogP contribution in [0.25, 0.3) is 5.82 Å². The highest BCUT2D eigenvalue weighted by molar-refractivity contribution is 5.94. The number of carbonyl (C=O) groups is 1. The Labute approximate surface area is 140 Å². The minimum absolute atomic E-state index is 0.0867. The van der Waals surface area contributed by atoms with Crippen LogP contribution in [0.5, 0.6) is 0 Å². The third kappa shape index (κ3) is 2.35. The topological polar surface area (TPSA) is 83.9 Å². The van der Waals surface area contributed by atoms with Crippen LogP contribution in [-0.4, -0.2) is 31.9 Å². The molecular formula is C17H22N5O2+. The van der Waals surface area contributed by atoms with Crippen LogP contribution in [0.2, 0.25) is 0 Å². The molecule has 1 unspecified atom stereocenters. The molecular weight excluding hydrogens is 306 g/mol. The molecule has 0 bridgehead atoms. The summed E-state index contributed by atoms with van der Waals surface area (Å²) >= 11 is 0. The molecule has 126 valence electrons. The summed E-state index contributed by atoms with van der Waals surface area (Å²) in [5.74, 6) is 1.86. The number of carbonyl (C=O) groups excluding carboxylic acids is 1. The highest BCUT2D eigenvalue weighted by atomic mass is 16.5. The summed E-state index contributed by atoms with van der Waals surface area (Å²) in [5.41, 5.74) is 2.63. The van der Waals surface area contributed by atoms with Crippen molar-refractivity contribution in [2.24, 2.45) is 11.8 Å². The Morgan fingerprint density at radius 3 is 2.96 bits per heavy atom. The number of nitrogens with zero attached hydrogens (tertiary/aromatic N) is 4. The standard InChI is InChI=1S/C17H21N5O2/c1-9(2)10(3)19-17(23)15-13-7-11-6-12(11)16(13)22(20-15)14-8-21(24)5-4-18-14/h4-5,8-12H,6-7H2,1-3H3,(H-,18,19,23,24)/p+1/t10?,11-,12-/m0/s1. The molecule has 24 heavy (non-hydrogen) atoms. The number of fused-ring (bicyclic) bond motifs is 3. The third-order valence-corrected chi connectivity index (χ3v) is 5.23. The summed E-state index contributed by atoms with van der Waals surface area (Å²) in [4.78, 5) is 17.0. The molecule has 4 rings (SSSR count). The van der Waals surface area contributed by atoms with Crippen LogP contribution in [0.15, 0.2) is 18.6 Å². The normalized spacial score (nSPS) is 22.2. The van der Waals surface area contributed by atoms with Gasteiger partial charge in [-0.2, -0.15) is 5.10 Å². The van der Waals surface area contributed by atoms with Gasteiger partial charge >= 0.3 is 0 Å². The van der Waals surface area contributed by atoms with Crippen LogP contribution >= 0.6 is 0 Å². The maximum Gasteiger partial charge on any atom is 0.272 e. The minimum Gasteiger partial charge on any atom is -0.348 e.